The summed E-state index contributed by atoms with van der Waals surface area (Å²) < 4.78 is 5.29. The SMILES string of the molecule is CCOC(=O)C(CCc1ccccc1)NC1CSCC(Cc2cc3ccccc3[nH]2)N(CC(=O)O)C1=O. The molecule has 37 heavy (non-hydrogen) atoms. The molecule has 1 saturated heterocycles. The van der Waals surface area contributed by atoms with Gasteiger partial charge < -0.3 is 19.7 Å². The minimum atomic E-state index is -1.06. The second-order valence-corrected chi connectivity index (χ2v) is 10.3. The Morgan fingerprint density at radius 3 is 2.65 bits per heavy atom. The number of nitrogens with one attached hydrogen (secondary N) is 2. The van der Waals surface area contributed by atoms with E-state index in [4.69, 9.17) is 4.74 Å². The molecule has 3 atom stereocenters. The lowest BCUT2D eigenvalue weighted by molar-refractivity contribution is -0.149. The molecule has 3 N–H and O–H groups in total. The Balaban J connectivity index is 1.50. The predicted molar refractivity (Wildman–Crippen MR) is 145 cm³/mol. The van der Waals surface area contributed by atoms with E-state index in [1.165, 1.54) is 4.90 Å². The summed E-state index contributed by atoms with van der Waals surface area (Å²) in [6.45, 7) is 1.60. The number of esters is 1. The van der Waals surface area contributed by atoms with Crippen LogP contribution in [0.2, 0.25) is 0 Å². The van der Waals surface area contributed by atoms with E-state index in [0.717, 1.165) is 22.2 Å². The van der Waals surface area contributed by atoms with Gasteiger partial charge in [0.15, 0.2) is 0 Å². The maximum Gasteiger partial charge on any atom is 0.323 e. The first kappa shape index (κ1) is 26.8. The van der Waals surface area contributed by atoms with Crippen LogP contribution in [0.15, 0.2) is 60.7 Å². The van der Waals surface area contributed by atoms with Crippen molar-refractivity contribution in [2.24, 2.45) is 0 Å². The summed E-state index contributed by atoms with van der Waals surface area (Å²) in [5, 5.41) is 13.9. The van der Waals surface area contributed by atoms with Crippen LogP contribution in [0.4, 0.5) is 0 Å². The Hall–Kier alpha value is -3.30. The van der Waals surface area contributed by atoms with Crippen molar-refractivity contribution in [1.29, 1.82) is 0 Å². The van der Waals surface area contributed by atoms with E-state index in [1.54, 1.807) is 18.7 Å². The molecule has 2 aromatic carbocycles. The molecular weight excluding hydrogens is 490 g/mol. The maximum absolute atomic E-state index is 13.7. The van der Waals surface area contributed by atoms with Gasteiger partial charge in [-0.25, -0.2) is 0 Å². The van der Waals surface area contributed by atoms with Crippen molar-refractivity contribution in [1.82, 2.24) is 15.2 Å². The number of fused-ring (bicyclic) bond motifs is 1. The first-order valence-electron chi connectivity index (χ1n) is 12.6. The summed E-state index contributed by atoms with van der Waals surface area (Å²) in [7, 11) is 0. The number of carbonyl (C=O) groups excluding carboxylic acids is 2. The number of nitrogens with zero attached hydrogens (tertiary/aromatic N) is 1. The van der Waals surface area contributed by atoms with Crippen LogP contribution < -0.4 is 5.32 Å². The number of benzene rings is 2. The summed E-state index contributed by atoms with van der Waals surface area (Å²) >= 11 is 1.59. The molecule has 0 spiro atoms. The molecule has 8 nitrogen and oxygen atoms in total. The van der Waals surface area contributed by atoms with Gasteiger partial charge in [0.25, 0.3) is 0 Å². The number of amides is 1. The number of ether oxygens (including phenoxy) is 1. The van der Waals surface area contributed by atoms with Crippen molar-refractivity contribution in [2.45, 2.75) is 44.3 Å². The largest absolute Gasteiger partial charge is 0.480 e. The number of aromatic amines is 1. The molecule has 0 saturated carbocycles. The van der Waals surface area contributed by atoms with Gasteiger partial charge in [0.2, 0.25) is 5.91 Å². The molecule has 1 fully saturated rings. The van der Waals surface area contributed by atoms with Gasteiger partial charge in [-0.15, -0.1) is 0 Å². The molecule has 1 aliphatic rings. The third-order valence-electron chi connectivity index (χ3n) is 6.50. The number of aliphatic carboxylic acids is 1. The quantitative estimate of drug-likeness (QED) is 0.331. The number of carboxylic acids is 1. The molecule has 196 valence electrons. The Bertz CT molecular complexity index is 1180. The van der Waals surface area contributed by atoms with E-state index >= 15 is 0 Å². The number of carboxylic acid groups (broad SMARTS) is 1. The second kappa shape index (κ2) is 12.8. The van der Waals surface area contributed by atoms with Gasteiger partial charge in [-0.3, -0.25) is 19.7 Å². The van der Waals surface area contributed by atoms with Crippen molar-refractivity contribution in [2.75, 3.05) is 24.7 Å². The third-order valence-corrected chi connectivity index (χ3v) is 7.69. The van der Waals surface area contributed by atoms with E-state index < -0.39 is 30.6 Å². The lowest BCUT2D eigenvalue weighted by Crippen LogP contribution is -2.55. The predicted octanol–water partition coefficient (Wildman–Crippen LogP) is 3.26. The van der Waals surface area contributed by atoms with Crippen molar-refractivity contribution >= 4 is 40.5 Å². The van der Waals surface area contributed by atoms with Crippen LogP contribution in [-0.2, 0) is 32.0 Å². The number of para-hydroxylation sites is 1. The highest BCUT2D eigenvalue weighted by molar-refractivity contribution is 7.99. The molecule has 1 aromatic heterocycles. The first-order chi connectivity index (χ1) is 17.9. The number of H-pyrrole nitrogens is 1. The molecule has 2 heterocycles. The second-order valence-electron chi connectivity index (χ2n) is 9.19. The fourth-order valence-electron chi connectivity index (χ4n) is 4.71. The normalized spacial score (nSPS) is 18.9. The average Bonchev–Trinajstić information content (AvgIpc) is 3.25. The monoisotopic (exact) mass is 523 g/mol. The summed E-state index contributed by atoms with van der Waals surface area (Å²) in [5.74, 6) is -0.728. The molecular formula is C28H33N3O5S. The van der Waals surface area contributed by atoms with Crippen molar-refractivity contribution in [3.05, 3.63) is 71.9 Å². The van der Waals surface area contributed by atoms with Gasteiger partial charge in [0.1, 0.15) is 12.6 Å². The van der Waals surface area contributed by atoms with Gasteiger partial charge in [-0.2, -0.15) is 11.8 Å². The highest BCUT2D eigenvalue weighted by Crippen LogP contribution is 2.23. The number of aryl methyl sites for hydroxylation is 1. The van der Waals surface area contributed by atoms with Crippen LogP contribution in [0, 0.1) is 0 Å². The van der Waals surface area contributed by atoms with Crippen molar-refractivity contribution in [3.8, 4) is 0 Å². The number of rotatable bonds is 11. The van der Waals surface area contributed by atoms with Crippen LogP contribution >= 0.6 is 11.8 Å². The zero-order valence-corrected chi connectivity index (χ0v) is 21.7. The Morgan fingerprint density at radius 2 is 1.92 bits per heavy atom. The summed E-state index contributed by atoms with van der Waals surface area (Å²) in [6, 6.07) is 18.2. The molecule has 0 radical (unpaired) electrons. The number of aromatic nitrogens is 1. The average molecular weight is 524 g/mol. The number of hydrogen-bond donors (Lipinski definition) is 3. The van der Waals surface area contributed by atoms with E-state index in [1.807, 2.05) is 60.7 Å². The van der Waals surface area contributed by atoms with Crippen LogP contribution in [0.5, 0.6) is 0 Å². The molecule has 4 rings (SSSR count). The Labute approximate surface area is 220 Å². The Kier molecular flexibility index (Phi) is 9.24. The zero-order chi connectivity index (χ0) is 26.2. The van der Waals surface area contributed by atoms with Crippen LogP contribution in [0.3, 0.4) is 0 Å². The fraction of sp³-hybridized carbons (Fsp3) is 0.393. The van der Waals surface area contributed by atoms with Gasteiger partial charge >= 0.3 is 11.9 Å². The minimum Gasteiger partial charge on any atom is -0.480 e. The van der Waals surface area contributed by atoms with Gasteiger partial charge in [0.05, 0.1) is 12.6 Å². The first-order valence-corrected chi connectivity index (χ1v) is 13.7. The van der Waals surface area contributed by atoms with Gasteiger partial charge in [-0.1, -0.05) is 48.5 Å². The van der Waals surface area contributed by atoms with Crippen molar-refractivity contribution < 1.29 is 24.2 Å². The van der Waals surface area contributed by atoms with Crippen molar-refractivity contribution in [3.63, 3.8) is 0 Å². The summed E-state index contributed by atoms with van der Waals surface area (Å²) in [4.78, 5) is 43.0. The summed E-state index contributed by atoms with van der Waals surface area (Å²) in [5.41, 5.74) is 3.05. The standard InChI is InChI=1S/C28H33N3O5S/c1-2-36-28(35)24(13-12-19-8-4-3-5-9-19)30-25-18-37-17-22(31(27(25)34)16-26(32)33)15-21-14-20-10-6-7-11-23(20)29-21/h3-11,14,22,24-25,29-30H,2,12-13,15-18H2,1H3,(H,32,33). The van der Waals surface area contributed by atoms with E-state index in [2.05, 4.69) is 10.3 Å². The lowest BCUT2D eigenvalue weighted by atomic mass is 10.0. The molecule has 0 bridgehead atoms. The molecule has 0 aliphatic carbocycles. The smallest absolute Gasteiger partial charge is 0.323 e. The lowest BCUT2D eigenvalue weighted by Gasteiger charge is -2.31. The van der Waals surface area contributed by atoms with Gasteiger partial charge in [-0.05, 0) is 42.8 Å². The number of carbonyl (C=O) groups is 3. The Morgan fingerprint density at radius 1 is 1.16 bits per heavy atom. The van der Waals surface area contributed by atoms with Crippen LogP contribution in [0.1, 0.15) is 24.6 Å². The third kappa shape index (κ3) is 7.14. The van der Waals surface area contributed by atoms with Crippen LogP contribution in [0.25, 0.3) is 10.9 Å². The highest BCUT2D eigenvalue weighted by atomic mass is 32.2. The molecule has 3 aromatic rings. The maximum atomic E-state index is 13.7. The zero-order valence-electron chi connectivity index (χ0n) is 20.9. The molecule has 1 amide bonds. The number of thioether (sulfide) groups is 1. The molecule has 1 aliphatic heterocycles. The fourth-order valence-corrected chi connectivity index (χ4v) is 5.89. The number of hydrogen-bond acceptors (Lipinski definition) is 6. The molecule has 9 heteroatoms. The summed E-state index contributed by atoms with van der Waals surface area (Å²) in [6.07, 6.45) is 1.63. The molecule has 3 unspecified atom stereocenters. The topological polar surface area (TPSA) is 112 Å². The van der Waals surface area contributed by atoms with E-state index in [9.17, 15) is 19.5 Å². The van der Waals surface area contributed by atoms with E-state index in [-0.39, 0.29) is 18.6 Å². The van der Waals surface area contributed by atoms with Crippen LogP contribution in [-0.4, -0.2) is 75.6 Å². The van der Waals surface area contributed by atoms with E-state index in [0.29, 0.717) is 30.8 Å². The minimum absolute atomic E-state index is 0.243. The van der Waals surface area contributed by atoms with Gasteiger partial charge in [0, 0.05) is 35.2 Å². The highest BCUT2D eigenvalue weighted by Gasteiger charge is 2.37.